The predicted octanol–water partition coefficient (Wildman–Crippen LogP) is 2.24. The third kappa shape index (κ3) is 3.77. The molecule has 1 aromatic carbocycles. The van der Waals surface area contributed by atoms with Crippen LogP contribution >= 0.6 is 0 Å². The number of hydrogen-bond acceptors (Lipinski definition) is 4. The zero-order valence-electron chi connectivity index (χ0n) is 14.4. The lowest BCUT2D eigenvalue weighted by atomic mass is 9.94. The van der Waals surface area contributed by atoms with Crippen molar-refractivity contribution in [2.24, 2.45) is 0 Å². The van der Waals surface area contributed by atoms with Gasteiger partial charge in [0.15, 0.2) is 12.4 Å². The third-order valence-corrected chi connectivity index (χ3v) is 4.38. The summed E-state index contributed by atoms with van der Waals surface area (Å²) >= 11 is 0. The first-order valence-corrected chi connectivity index (χ1v) is 8.42. The largest absolute Gasteiger partial charge is 0.482 e. The molecule has 0 unspecified atom stereocenters. The van der Waals surface area contributed by atoms with Gasteiger partial charge in [-0.3, -0.25) is 9.59 Å². The van der Waals surface area contributed by atoms with Crippen molar-refractivity contribution in [2.45, 2.75) is 32.7 Å². The van der Waals surface area contributed by atoms with E-state index in [0.29, 0.717) is 29.0 Å². The zero-order chi connectivity index (χ0) is 18.7. The van der Waals surface area contributed by atoms with Gasteiger partial charge in [0, 0.05) is 24.2 Å². The minimum absolute atomic E-state index is 0.0855. The number of benzene rings is 1. The molecule has 1 heterocycles. The first-order valence-electron chi connectivity index (χ1n) is 8.42. The number of hydrogen-bond donors (Lipinski definition) is 3. The number of aliphatic carboxylic acids is 1. The van der Waals surface area contributed by atoms with Crippen molar-refractivity contribution in [2.75, 3.05) is 6.61 Å². The molecule has 0 spiro atoms. The number of rotatable bonds is 6. The van der Waals surface area contributed by atoms with Gasteiger partial charge in [-0.1, -0.05) is 12.1 Å². The molecule has 7 nitrogen and oxygen atoms in total. The number of aryl methyl sites for hydroxylation is 1. The SMILES string of the molecule is Cc1c(C(=O)NCc2cccc(OCC(=O)O)c2)[nH]c2c1C(=O)CCC2. The Balaban J connectivity index is 1.67. The van der Waals surface area contributed by atoms with Crippen LogP contribution in [0.2, 0.25) is 0 Å². The zero-order valence-corrected chi connectivity index (χ0v) is 14.4. The van der Waals surface area contributed by atoms with Gasteiger partial charge in [0.25, 0.3) is 5.91 Å². The maximum absolute atomic E-state index is 12.5. The molecule has 0 radical (unpaired) electrons. The highest BCUT2D eigenvalue weighted by atomic mass is 16.5. The van der Waals surface area contributed by atoms with Gasteiger partial charge in [0.1, 0.15) is 11.4 Å². The van der Waals surface area contributed by atoms with E-state index in [4.69, 9.17) is 9.84 Å². The van der Waals surface area contributed by atoms with Crippen LogP contribution in [0.1, 0.15) is 50.5 Å². The normalized spacial score (nSPS) is 13.2. The molecule has 0 saturated heterocycles. The van der Waals surface area contributed by atoms with Gasteiger partial charge >= 0.3 is 5.97 Å². The molecule has 0 bridgehead atoms. The minimum atomic E-state index is -1.05. The van der Waals surface area contributed by atoms with Crippen LogP contribution in [0.25, 0.3) is 0 Å². The number of fused-ring (bicyclic) bond motifs is 1. The average Bonchev–Trinajstić information content (AvgIpc) is 2.96. The number of aromatic nitrogens is 1. The van der Waals surface area contributed by atoms with E-state index in [1.807, 2.05) is 6.07 Å². The summed E-state index contributed by atoms with van der Waals surface area (Å²) in [7, 11) is 0. The van der Waals surface area contributed by atoms with Gasteiger partial charge in [-0.2, -0.15) is 0 Å². The highest BCUT2D eigenvalue weighted by Crippen LogP contribution is 2.26. The molecule has 0 fully saturated rings. The molecular weight excluding hydrogens is 336 g/mol. The molecule has 0 atom stereocenters. The quantitative estimate of drug-likeness (QED) is 0.735. The van der Waals surface area contributed by atoms with Gasteiger partial charge in [-0.05, 0) is 43.0 Å². The molecular formula is C19H20N2O5. The molecule has 0 saturated carbocycles. The van der Waals surface area contributed by atoms with Gasteiger partial charge < -0.3 is 20.1 Å². The fraction of sp³-hybridized carbons (Fsp3) is 0.316. The first-order chi connectivity index (χ1) is 12.5. The molecule has 26 heavy (non-hydrogen) atoms. The molecule has 0 aliphatic heterocycles. The van der Waals surface area contributed by atoms with Gasteiger partial charge in [0.05, 0.1) is 0 Å². The summed E-state index contributed by atoms with van der Waals surface area (Å²) in [5.41, 5.74) is 3.40. The Kier molecular flexibility index (Phi) is 5.06. The summed E-state index contributed by atoms with van der Waals surface area (Å²) in [6.07, 6.45) is 2.10. The van der Waals surface area contributed by atoms with Crippen LogP contribution in [-0.4, -0.2) is 34.4 Å². The van der Waals surface area contributed by atoms with Crippen LogP contribution in [0, 0.1) is 6.92 Å². The van der Waals surface area contributed by atoms with Crippen LogP contribution in [0.4, 0.5) is 0 Å². The smallest absolute Gasteiger partial charge is 0.341 e. The van der Waals surface area contributed by atoms with Crippen molar-refractivity contribution in [1.29, 1.82) is 0 Å². The third-order valence-electron chi connectivity index (χ3n) is 4.38. The van der Waals surface area contributed by atoms with E-state index in [1.165, 1.54) is 0 Å². The van der Waals surface area contributed by atoms with Crippen molar-refractivity contribution in [3.05, 3.63) is 52.3 Å². The number of nitrogens with one attached hydrogen (secondary N) is 2. The molecule has 1 aliphatic carbocycles. The van der Waals surface area contributed by atoms with E-state index in [1.54, 1.807) is 25.1 Å². The number of H-pyrrole nitrogens is 1. The number of ketones is 1. The number of amides is 1. The van der Waals surface area contributed by atoms with Crippen LogP contribution in [0.3, 0.4) is 0 Å². The first kappa shape index (κ1) is 17.7. The van der Waals surface area contributed by atoms with E-state index in [2.05, 4.69) is 10.3 Å². The highest BCUT2D eigenvalue weighted by molar-refractivity contribution is 6.04. The standard InChI is InChI=1S/C19H20N2O5/c1-11-17-14(6-3-7-15(17)22)21-18(11)19(25)20-9-12-4-2-5-13(8-12)26-10-16(23)24/h2,4-5,8,21H,3,6-7,9-10H2,1H3,(H,20,25)(H,23,24). The Morgan fingerprint density at radius 2 is 2.12 bits per heavy atom. The fourth-order valence-corrected chi connectivity index (χ4v) is 3.16. The summed E-state index contributed by atoms with van der Waals surface area (Å²) in [6.45, 7) is 1.63. The molecule has 1 aromatic heterocycles. The van der Waals surface area contributed by atoms with E-state index in [9.17, 15) is 14.4 Å². The summed E-state index contributed by atoms with van der Waals surface area (Å²) in [5, 5.41) is 11.5. The number of aromatic amines is 1. The molecule has 3 rings (SSSR count). The maximum Gasteiger partial charge on any atom is 0.341 e. The summed E-state index contributed by atoms with van der Waals surface area (Å²) in [4.78, 5) is 38.2. The van der Waals surface area contributed by atoms with Gasteiger partial charge in [-0.15, -0.1) is 0 Å². The Morgan fingerprint density at radius 1 is 1.31 bits per heavy atom. The van der Waals surface area contributed by atoms with Crippen molar-refractivity contribution in [1.82, 2.24) is 10.3 Å². The maximum atomic E-state index is 12.5. The predicted molar refractivity (Wildman–Crippen MR) is 93.5 cm³/mol. The number of carbonyl (C=O) groups excluding carboxylic acids is 2. The van der Waals surface area contributed by atoms with E-state index in [-0.39, 0.29) is 18.2 Å². The Labute approximate surface area is 150 Å². The van der Waals surface area contributed by atoms with Crippen molar-refractivity contribution in [3.8, 4) is 5.75 Å². The van der Waals surface area contributed by atoms with E-state index in [0.717, 1.165) is 24.1 Å². The summed E-state index contributed by atoms with van der Waals surface area (Å²) < 4.78 is 5.13. The molecule has 136 valence electrons. The molecule has 1 amide bonds. The van der Waals surface area contributed by atoms with Crippen LogP contribution in [0.15, 0.2) is 24.3 Å². The van der Waals surface area contributed by atoms with Crippen LogP contribution < -0.4 is 10.1 Å². The topological polar surface area (TPSA) is 108 Å². The number of ether oxygens (including phenoxy) is 1. The number of carboxylic acid groups (broad SMARTS) is 1. The van der Waals surface area contributed by atoms with Gasteiger partial charge in [-0.25, -0.2) is 4.79 Å². The van der Waals surface area contributed by atoms with Crippen molar-refractivity contribution < 1.29 is 24.2 Å². The Bertz CT molecular complexity index is 869. The minimum Gasteiger partial charge on any atom is -0.482 e. The number of carbonyl (C=O) groups is 3. The summed E-state index contributed by atoms with van der Waals surface area (Å²) in [5.74, 6) is -0.815. The highest BCUT2D eigenvalue weighted by Gasteiger charge is 2.26. The lowest BCUT2D eigenvalue weighted by molar-refractivity contribution is -0.139. The Hall–Kier alpha value is -3.09. The van der Waals surface area contributed by atoms with Crippen molar-refractivity contribution >= 4 is 17.7 Å². The van der Waals surface area contributed by atoms with Crippen LogP contribution in [0.5, 0.6) is 5.75 Å². The lowest BCUT2D eigenvalue weighted by Crippen LogP contribution is -2.24. The Morgan fingerprint density at radius 3 is 2.85 bits per heavy atom. The molecule has 3 N–H and O–H groups in total. The second-order valence-electron chi connectivity index (χ2n) is 6.27. The number of Topliss-reactive ketones (excluding diaryl/α,β-unsaturated/α-hetero) is 1. The van der Waals surface area contributed by atoms with Gasteiger partial charge in [0.2, 0.25) is 0 Å². The van der Waals surface area contributed by atoms with Crippen LogP contribution in [-0.2, 0) is 17.8 Å². The monoisotopic (exact) mass is 356 g/mol. The lowest BCUT2D eigenvalue weighted by Gasteiger charge is -2.09. The van der Waals surface area contributed by atoms with E-state index >= 15 is 0 Å². The molecule has 1 aliphatic rings. The fourth-order valence-electron chi connectivity index (χ4n) is 3.16. The second kappa shape index (κ2) is 7.43. The molecule has 7 heteroatoms. The van der Waals surface area contributed by atoms with E-state index < -0.39 is 12.6 Å². The van der Waals surface area contributed by atoms with Crippen molar-refractivity contribution in [3.63, 3.8) is 0 Å². The second-order valence-corrected chi connectivity index (χ2v) is 6.27. The molecule has 2 aromatic rings. The average molecular weight is 356 g/mol. The summed E-state index contributed by atoms with van der Waals surface area (Å²) in [6, 6.07) is 6.88. The number of carboxylic acids is 1.